The molecule has 0 aromatic rings. The van der Waals surface area contributed by atoms with Crippen molar-refractivity contribution in [2.75, 3.05) is 13.2 Å². The highest BCUT2D eigenvalue weighted by atomic mass is 16.7. The Balaban J connectivity index is 3.34. The summed E-state index contributed by atoms with van der Waals surface area (Å²) < 4.78 is 10.4. The molecule has 0 spiro atoms. The molecule has 0 heterocycles. The molecular formula is C37H62O3. The quantitative estimate of drug-likeness (QED) is 0.0548. The molecule has 0 atom stereocenters. The van der Waals surface area contributed by atoms with E-state index in [-0.39, 0.29) is 0 Å². The molecule has 0 N–H and O–H groups in total. The Kier molecular flexibility index (Phi) is 32.7. The van der Waals surface area contributed by atoms with E-state index in [1.54, 1.807) is 0 Å². The van der Waals surface area contributed by atoms with Crippen LogP contribution in [0.2, 0.25) is 0 Å². The molecule has 0 unspecified atom stereocenters. The number of carbonyl (C=O) groups excluding carboxylic acids is 1. The van der Waals surface area contributed by atoms with Gasteiger partial charge in [-0.15, -0.1) is 0 Å². The van der Waals surface area contributed by atoms with Crippen molar-refractivity contribution in [3.63, 3.8) is 0 Å². The number of hydrogen-bond donors (Lipinski definition) is 0. The van der Waals surface area contributed by atoms with E-state index >= 15 is 0 Å². The van der Waals surface area contributed by atoms with Crippen LogP contribution in [0.1, 0.15) is 142 Å². The summed E-state index contributed by atoms with van der Waals surface area (Å²) in [6.07, 6.45) is 49.2. The topological polar surface area (TPSA) is 35.5 Å². The van der Waals surface area contributed by atoms with Crippen LogP contribution < -0.4 is 0 Å². The third-order valence-electron chi connectivity index (χ3n) is 6.63. The Morgan fingerprint density at radius 1 is 0.400 bits per heavy atom. The lowest BCUT2D eigenvalue weighted by Crippen LogP contribution is -2.09. The zero-order chi connectivity index (χ0) is 29.0. The molecule has 0 aliphatic rings. The maximum absolute atomic E-state index is 11.7. The fourth-order valence-corrected chi connectivity index (χ4v) is 4.10. The second-order valence-corrected chi connectivity index (χ2v) is 10.5. The van der Waals surface area contributed by atoms with E-state index in [0.29, 0.717) is 13.2 Å². The van der Waals surface area contributed by atoms with Crippen molar-refractivity contribution >= 4 is 6.16 Å². The van der Waals surface area contributed by atoms with Crippen LogP contribution in [0, 0.1) is 0 Å². The zero-order valence-electron chi connectivity index (χ0n) is 26.2. The molecule has 3 heteroatoms. The number of carbonyl (C=O) groups is 1. The molecule has 0 amide bonds. The largest absolute Gasteiger partial charge is 0.508 e. The Morgan fingerprint density at radius 2 is 0.700 bits per heavy atom. The maximum Gasteiger partial charge on any atom is 0.508 e. The second kappa shape index (κ2) is 34.7. The first-order valence-corrected chi connectivity index (χ1v) is 16.6. The lowest BCUT2D eigenvalue weighted by atomic mass is 10.1. The summed E-state index contributed by atoms with van der Waals surface area (Å²) in [5.41, 5.74) is 0. The fourth-order valence-electron chi connectivity index (χ4n) is 4.10. The van der Waals surface area contributed by atoms with E-state index in [9.17, 15) is 4.79 Å². The molecule has 40 heavy (non-hydrogen) atoms. The lowest BCUT2D eigenvalue weighted by molar-refractivity contribution is 0.0529. The number of allylic oxidation sites excluding steroid dienone is 12. The van der Waals surface area contributed by atoms with Gasteiger partial charge in [0, 0.05) is 0 Å². The van der Waals surface area contributed by atoms with Gasteiger partial charge in [0.05, 0.1) is 13.2 Å². The minimum atomic E-state index is -0.505. The molecule has 0 saturated heterocycles. The number of rotatable bonds is 28. The first kappa shape index (κ1) is 37.7. The average molecular weight is 555 g/mol. The van der Waals surface area contributed by atoms with Gasteiger partial charge in [-0.3, -0.25) is 0 Å². The summed E-state index contributed by atoms with van der Waals surface area (Å²) in [6, 6.07) is 0. The SMILES string of the molecule is CCCCC=CC=CC=CCCCCCCCCOC(=O)OCCCCCCCCC=CC=CC=CCCCC. The van der Waals surface area contributed by atoms with Crippen LogP contribution >= 0.6 is 0 Å². The highest BCUT2D eigenvalue weighted by molar-refractivity contribution is 5.59. The summed E-state index contributed by atoms with van der Waals surface area (Å²) in [4.78, 5) is 11.7. The Hall–Kier alpha value is -2.29. The molecule has 0 rings (SSSR count). The molecule has 0 radical (unpaired) electrons. The number of ether oxygens (including phenoxy) is 2. The fraction of sp³-hybridized carbons (Fsp3) is 0.649. The highest BCUT2D eigenvalue weighted by Crippen LogP contribution is 2.09. The van der Waals surface area contributed by atoms with Crippen molar-refractivity contribution in [1.82, 2.24) is 0 Å². The smallest absolute Gasteiger partial charge is 0.434 e. The van der Waals surface area contributed by atoms with Crippen molar-refractivity contribution in [3.05, 3.63) is 72.9 Å². The summed E-state index contributed by atoms with van der Waals surface area (Å²) in [7, 11) is 0. The van der Waals surface area contributed by atoms with Crippen LogP contribution in [0.4, 0.5) is 4.79 Å². The van der Waals surface area contributed by atoms with Crippen molar-refractivity contribution in [1.29, 1.82) is 0 Å². The average Bonchev–Trinajstić information content (AvgIpc) is 2.96. The minimum Gasteiger partial charge on any atom is -0.434 e. The lowest BCUT2D eigenvalue weighted by Gasteiger charge is -2.06. The van der Waals surface area contributed by atoms with E-state index in [1.807, 2.05) is 0 Å². The van der Waals surface area contributed by atoms with Crippen molar-refractivity contribution in [3.8, 4) is 0 Å². The van der Waals surface area contributed by atoms with Crippen LogP contribution in [-0.2, 0) is 9.47 Å². The van der Waals surface area contributed by atoms with Crippen molar-refractivity contribution in [2.45, 2.75) is 142 Å². The monoisotopic (exact) mass is 554 g/mol. The molecule has 228 valence electrons. The second-order valence-electron chi connectivity index (χ2n) is 10.5. The Bertz CT molecular complexity index is 638. The molecule has 0 saturated carbocycles. The molecular weight excluding hydrogens is 492 g/mol. The number of unbranched alkanes of at least 4 members (excludes halogenated alkanes) is 16. The van der Waals surface area contributed by atoms with Gasteiger partial charge in [-0.05, 0) is 51.4 Å². The third-order valence-corrected chi connectivity index (χ3v) is 6.63. The minimum absolute atomic E-state index is 0.473. The van der Waals surface area contributed by atoms with Crippen LogP contribution in [-0.4, -0.2) is 19.4 Å². The van der Waals surface area contributed by atoms with Gasteiger partial charge in [0.1, 0.15) is 0 Å². The van der Waals surface area contributed by atoms with Gasteiger partial charge in [0.25, 0.3) is 0 Å². The zero-order valence-corrected chi connectivity index (χ0v) is 26.2. The molecule has 0 fully saturated rings. The van der Waals surface area contributed by atoms with Gasteiger partial charge in [-0.2, -0.15) is 0 Å². The van der Waals surface area contributed by atoms with Crippen LogP contribution in [0.15, 0.2) is 72.9 Å². The molecule has 0 aliphatic heterocycles. The van der Waals surface area contributed by atoms with Gasteiger partial charge >= 0.3 is 6.16 Å². The molecule has 0 aromatic carbocycles. The maximum atomic E-state index is 11.7. The highest BCUT2D eigenvalue weighted by Gasteiger charge is 2.03. The molecule has 0 aromatic heterocycles. The molecule has 0 aliphatic carbocycles. The van der Waals surface area contributed by atoms with E-state index in [4.69, 9.17) is 9.47 Å². The van der Waals surface area contributed by atoms with Gasteiger partial charge in [0.2, 0.25) is 0 Å². The van der Waals surface area contributed by atoms with Gasteiger partial charge in [-0.1, -0.05) is 164 Å². The third kappa shape index (κ3) is 33.7. The standard InChI is InChI=1S/C37H62O3/c1-3-5-7-9-11-13-15-17-19-21-23-25-27-29-31-33-35-39-37(38)40-36-34-32-30-28-26-24-22-20-18-16-14-12-10-8-6-4-2/h9-20H,3-8,21-36H2,1-2H3. The summed E-state index contributed by atoms with van der Waals surface area (Å²) in [5, 5.41) is 0. The van der Waals surface area contributed by atoms with Gasteiger partial charge < -0.3 is 9.47 Å². The van der Waals surface area contributed by atoms with E-state index in [0.717, 1.165) is 38.5 Å². The first-order chi connectivity index (χ1) is 19.8. The van der Waals surface area contributed by atoms with Gasteiger partial charge in [-0.25, -0.2) is 4.79 Å². The van der Waals surface area contributed by atoms with Crippen LogP contribution in [0.5, 0.6) is 0 Å². The number of hydrogen-bond acceptors (Lipinski definition) is 3. The Morgan fingerprint density at radius 3 is 1.05 bits per heavy atom. The van der Waals surface area contributed by atoms with E-state index in [2.05, 4.69) is 86.8 Å². The van der Waals surface area contributed by atoms with E-state index in [1.165, 1.54) is 89.9 Å². The summed E-state index contributed by atoms with van der Waals surface area (Å²) >= 11 is 0. The summed E-state index contributed by atoms with van der Waals surface area (Å²) in [6.45, 7) is 5.39. The van der Waals surface area contributed by atoms with E-state index < -0.39 is 6.16 Å². The first-order valence-electron chi connectivity index (χ1n) is 16.6. The van der Waals surface area contributed by atoms with Gasteiger partial charge in [0.15, 0.2) is 0 Å². The summed E-state index contributed by atoms with van der Waals surface area (Å²) in [5.74, 6) is 0. The normalized spacial score (nSPS) is 12.4. The predicted molar refractivity (Wildman–Crippen MR) is 176 cm³/mol. The Labute approximate surface area is 248 Å². The van der Waals surface area contributed by atoms with Crippen LogP contribution in [0.25, 0.3) is 0 Å². The van der Waals surface area contributed by atoms with Crippen molar-refractivity contribution in [2.24, 2.45) is 0 Å². The molecule has 3 nitrogen and oxygen atoms in total. The predicted octanol–water partition coefficient (Wildman–Crippen LogP) is 12.3. The van der Waals surface area contributed by atoms with Crippen LogP contribution in [0.3, 0.4) is 0 Å². The van der Waals surface area contributed by atoms with Crippen molar-refractivity contribution < 1.29 is 14.3 Å². The molecule has 0 bridgehead atoms.